The third kappa shape index (κ3) is 5.06. The Hall–Kier alpha value is -2.07. The largest absolute Gasteiger partial charge is 0.462 e. The van der Waals surface area contributed by atoms with Crippen molar-refractivity contribution in [2.45, 2.75) is 44.8 Å². The van der Waals surface area contributed by atoms with Crippen molar-refractivity contribution in [2.24, 2.45) is 0 Å². The number of halogens is 2. The lowest BCUT2D eigenvalue weighted by Gasteiger charge is -2.09. The molecule has 1 aliphatic rings. The number of fused-ring (bicyclic) bond motifs is 1. The molecule has 11 heteroatoms. The van der Waals surface area contributed by atoms with Crippen molar-refractivity contribution in [2.75, 3.05) is 17.7 Å². The Labute approximate surface area is 209 Å². The van der Waals surface area contributed by atoms with E-state index in [1.807, 2.05) is 11.5 Å². The van der Waals surface area contributed by atoms with Gasteiger partial charge in [0.15, 0.2) is 11.0 Å². The number of esters is 1. The van der Waals surface area contributed by atoms with E-state index in [0.717, 1.165) is 35.3 Å². The SMILES string of the molecule is CCOC(=O)c1c(NC(=O)CSc2nnc(-c3ccc(Cl)cc3Cl)n2CC)sc2c1CCC2. The maximum atomic E-state index is 12.7. The zero-order valence-corrected chi connectivity index (χ0v) is 21.3. The van der Waals surface area contributed by atoms with E-state index in [4.69, 9.17) is 27.9 Å². The second kappa shape index (κ2) is 10.5. The lowest BCUT2D eigenvalue weighted by atomic mass is 10.1. The van der Waals surface area contributed by atoms with E-state index in [1.54, 1.807) is 25.1 Å². The highest BCUT2D eigenvalue weighted by molar-refractivity contribution is 7.99. The third-order valence-corrected chi connectivity index (χ3v) is 7.91. The highest BCUT2D eigenvalue weighted by Crippen LogP contribution is 2.39. The van der Waals surface area contributed by atoms with Gasteiger partial charge < -0.3 is 14.6 Å². The van der Waals surface area contributed by atoms with Crippen LogP contribution in [0.1, 0.15) is 41.1 Å². The van der Waals surface area contributed by atoms with Crippen LogP contribution in [0.2, 0.25) is 10.0 Å². The van der Waals surface area contributed by atoms with Gasteiger partial charge in [-0.05, 0) is 56.9 Å². The van der Waals surface area contributed by atoms with Crippen LogP contribution in [-0.2, 0) is 28.9 Å². The minimum Gasteiger partial charge on any atom is -0.462 e. The van der Waals surface area contributed by atoms with E-state index in [9.17, 15) is 9.59 Å². The molecule has 1 aromatic carbocycles. The van der Waals surface area contributed by atoms with Gasteiger partial charge in [0.1, 0.15) is 5.00 Å². The molecule has 2 heterocycles. The van der Waals surface area contributed by atoms with Crippen molar-refractivity contribution in [3.8, 4) is 11.4 Å². The van der Waals surface area contributed by atoms with E-state index in [2.05, 4.69) is 15.5 Å². The van der Waals surface area contributed by atoms with Gasteiger partial charge in [-0.25, -0.2) is 4.79 Å². The minimum atomic E-state index is -0.380. The average Bonchev–Trinajstić information content (AvgIpc) is 3.46. The van der Waals surface area contributed by atoms with Crippen LogP contribution in [0.4, 0.5) is 5.00 Å². The van der Waals surface area contributed by atoms with Crippen LogP contribution < -0.4 is 5.32 Å². The first kappa shape index (κ1) is 24.1. The van der Waals surface area contributed by atoms with Crippen LogP contribution in [0.5, 0.6) is 0 Å². The minimum absolute atomic E-state index is 0.122. The first-order chi connectivity index (χ1) is 15.9. The van der Waals surface area contributed by atoms with E-state index in [0.29, 0.717) is 44.7 Å². The first-order valence-corrected chi connectivity index (χ1v) is 13.1. The molecule has 0 aliphatic heterocycles. The molecule has 0 spiro atoms. The molecule has 0 saturated heterocycles. The summed E-state index contributed by atoms with van der Waals surface area (Å²) in [5.74, 6) is 0.135. The summed E-state index contributed by atoms with van der Waals surface area (Å²) in [4.78, 5) is 26.4. The smallest absolute Gasteiger partial charge is 0.341 e. The molecule has 1 aliphatic carbocycles. The summed E-state index contributed by atoms with van der Waals surface area (Å²) in [5.41, 5.74) is 2.24. The molecule has 0 saturated carbocycles. The Morgan fingerprint density at radius 1 is 1.24 bits per heavy atom. The number of carbonyl (C=O) groups is 2. The number of aryl methyl sites for hydroxylation is 1. The molecule has 1 amide bonds. The van der Waals surface area contributed by atoms with Crippen molar-refractivity contribution in [3.63, 3.8) is 0 Å². The normalized spacial score (nSPS) is 12.6. The van der Waals surface area contributed by atoms with Crippen LogP contribution in [0, 0.1) is 0 Å². The van der Waals surface area contributed by atoms with Gasteiger partial charge in [0, 0.05) is 22.0 Å². The Kier molecular flexibility index (Phi) is 7.63. The van der Waals surface area contributed by atoms with Crippen molar-refractivity contribution in [1.82, 2.24) is 14.8 Å². The molecule has 0 unspecified atom stereocenters. The Morgan fingerprint density at radius 3 is 2.79 bits per heavy atom. The second-order valence-electron chi connectivity index (χ2n) is 7.29. The summed E-state index contributed by atoms with van der Waals surface area (Å²) in [6, 6.07) is 5.21. The number of benzene rings is 1. The number of thioether (sulfide) groups is 1. The number of rotatable bonds is 8. The first-order valence-electron chi connectivity index (χ1n) is 10.6. The lowest BCUT2D eigenvalue weighted by Crippen LogP contribution is -2.17. The van der Waals surface area contributed by atoms with Gasteiger partial charge in [0.2, 0.25) is 5.91 Å². The summed E-state index contributed by atoms with van der Waals surface area (Å²) < 4.78 is 7.13. The number of aromatic nitrogens is 3. The predicted molar refractivity (Wildman–Crippen MR) is 133 cm³/mol. The molecule has 0 fully saturated rings. The molecule has 7 nitrogen and oxygen atoms in total. The van der Waals surface area contributed by atoms with Gasteiger partial charge in [0.05, 0.1) is 22.9 Å². The molecule has 0 radical (unpaired) electrons. The number of thiophene rings is 1. The van der Waals surface area contributed by atoms with Crippen molar-refractivity contribution in [1.29, 1.82) is 0 Å². The topological polar surface area (TPSA) is 86.1 Å². The summed E-state index contributed by atoms with van der Waals surface area (Å²) in [6.07, 6.45) is 2.78. The maximum Gasteiger partial charge on any atom is 0.341 e. The average molecular weight is 525 g/mol. The van der Waals surface area contributed by atoms with E-state index < -0.39 is 0 Å². The van der Waals surface area contributed by atoms with Gasteiger partial charge in [0.25, 0.3) is 0 Å². The van der Waals surface area contributed by atoms with Gasteiger partial charge >= 0.3 is 5.97 Å². The molecule has 0 bridgehead atoms. The van der Waals surface area contributed by atoms with Crippen LogP contribution in [-0.4, -0.2) is 39.0 Å². The Bertz CT molecular complexity index is 1210. The molecule has 174 valence electrons. The van der Waals surface area contributed by atoms with Crippen LogP contribution in [0.15, 0.2) is 23.4 Å². The second-order valence-corrected chi connectivity index (χ2v) is 10.2. The quantitative estimate of drug-likeness (QED) is 0.299. The van der Waals surface area contributed by atoms with Gasteiger partial charge in [-0.1, -0.05) is 35.0 Å². The van der Waals surface area contributed by atoms with Gasteiger partial charge in [-0.15, -0.1) is 21.5 Å². The number of ether oxygens (including phenoxy) is 1. The summed E-state index contributed by atoms with van der Waals surface area (Å²) in [7, 11) is 0. The fourth-order valence-electron chi connectivity index (χ4n) is 3.75. The highest BCUT2D eigenvalue weighted by Gasteiger charge is 2.28. The Morgan fingerprint density at radius 2 is 2.06 bits per heavy atom. The molecule has 1 N–H and O–H groups in total. The number of nitrogens with one attached hydrogen (secondary N) is 1. The zero-order chi connectivity index (χ0) is 23.5. The highest BCUT2D eigenvalue weighted by atomic mass is 35.5. The van der Waals surface area contributed by atoms with Gasteiger partial charge in [-0.3, -0.25) is 4.79 Å². The molecular weight excluding hydrogens is 503 g/mol. The molecule has 33 heavy (non-hydrogen) atoms. The standard InChI is InChI=1S/C22H22Cl2N4O3S2/c1-3-28-19(13-9-8-12(23)10-15(13)24)26-27-22(28)32-11-17(29)25-20-18(21(30)31-4-2)14-6-5-7-16(14)33-20/h8-10H,3-7,11H2,1-2H3,(H,25,29). The number of hydrogen-bond acceptors (Lipinski definition) is 7. The number of carbonyl (C=O) groups excluding carboxylic acids is 2. The molecule has 4 rings (SSSR count). The van der Waals surface area contributed by atoms with Crippen molar-refractivity contribution < 1.29 is 14.3 Å². The predicted octanol–water partition coefficient (Wildman–Crippen LogP) is 5.73. The number of nitrogens with zero attached hydrogens (tertiary/aromatic N) is 3. The summed E-state index contributed by atoms with van der Waals surface area (Å²) in [6.45, 7) is 4.64. The fourth-order valence-corrected chi connectivity index (χ4v) is 6.34. The monoisotopic (exact) mass is 524 g/mol. The fraction of sp³-hybridized carbons (Fsp3) is 0.364. The molecule has 2 aromatic heterocycles. The number of anilines is 1. The summed E-state index contributed by atoms with van der Waals surface area (Å²) in [5, 5.41) is 13.6. The van der Waals surface area contributed by atoms with Crippen LogP contribution in [0.3, 0.4) is 0 Å². The van der Waals surface area contributed by atoms with Crippen molar-refractivity contribution >= 4 is 63.2 Å². The molecule has 3 aromatic rings. The third-order valence-electron chi connectivity index (χ3n) is 5.19. The lowest BCUT2D eigenvalue weighted by molar-refractivity contribution is -0.113. The van der Waals surface area contributed by atoms with E-state index >= 15 is 0 Å². The van der Waals surface area contributed by atoms with Crippen molar-refractivity contribution in [3.05, 3.63) is 44.2 Å². The molecule has 0 atom stereocenters. The molecular formula is C22H22Cl2N4O3S2. The van der Waals surface area contributed by atoms with Gasteiger partial charge in [-0.2, -0.15) is 0 Å². The number of amides is 1. The maximum absolute atomic E-state index is 12.7. The van der Waals surface area contributed by atoms with E-state index in [1.165, 1.54) is 23.1 Å². The zero-order valence-electron chi connectivity index (χ0n) is 18.1. The van der Waals surface area contributed by atoms with Crippen LogP contribution >= 0.6 is 46.3 Å². The number of hydrogen-bond donors (Lipinski definition) is 1. The Balaban J connectivity index is 1.48. The van der Waals surface area contributed by atoms with Crippen LogP contribution in [0.25, 0.3) is 11.4 Å². The summed E-state index contributed by atoms with van der Waals surface area (Å²) >= 11 is 15.1. The van der Waals surface area contributed by atoms with E-state index in [-0.39, 0.29) is 17.6 Å².